The predicted octanol–water partition coefficient (Wildman–Crippen LogP) is 5.17. The van der Waals surface area contributed by atoms with Crippen LogP contribution in [0.25, 0.3) is 21.9 Å². The van der Waals surface area contributed by atoms with Crippen LogP contribution in [0.4, 0.5) is 18.9 Å². The van der Waals surface area contributed by atoms with E-state index in [9.17, 15) is 32.3 Å². The molecule has 3 aromatic heterocycles. The number of pyridine rings is 1. The maximum Gasteiger partial charge on any atom is 0.433 e. The average molecular weight is 745 g/mol. The molecule has 3 aliphatic rings. The Morgan fingerprint density at radius 1 is 1.04 bits per heavy atom. The molecule has 1 aliphatic carbocycles. The number of imide groups is 1. The van der Waals surface area contributed by atoms with E-state index in [1.165, 1.54) is 13.2 Å². The number of imidazole rings is 1. The fraction of sp³-hybridized carbons (Fsp3) is 0.421. The van der Waals surface area contributed by atoms with Gasteiger partial charge in [0.1, 0.15) is 23.2 Å². The number of alkyl halides is 3. The molecule has 13 nitrogen and oxygen atoms in total. The molecule has 2 aliphatic heterocycles. The molecule has 1 atom stereocenters. The van der Waals surface area contributed by atoms with Gasteiger partial charge in [0.2, 0.25) is 11.8 Å². The number of ether oxygens (including phenoxy) is 1. The Balaban J connectivity index is 0.887. The molecule has 0 bridgehead atoms. The quantitative estimate of drug-likeness (QED) is 0.207. The SMILES string of the molecule is COc1cc2nn([C@H]3C[C@H](CN4CCC(c5cccc6c5n(C)c(=O)n6C5CCC(=O)NC5=O)CC4)C3)cc2cc1NC(=O)c1cccc(C(F)(F)F)n1. The van der Waals surface area contributed by atoms with Crippen LogP contribution in [0.5, 0.6) is 5.75 Å². The monoisotopic (exact) mass is 744 g/mol. The first-order chi connectivity index (χ1) is 25.9. The van der Waals surface area contributed by atoms with Crippen molar-refractivity contribution in [3.05, 3.63) is 82.2 Å². The van der Waals surface area contributed by atoms with Gasteiger partial charge in [0.05, 0.1) is 35.4 Å². The minimum atomic E-state index is -4.67. The summed E-state index contributed by atoms with van der Waals surface area (Å²) in [6, 6.07) is 12.0. The molecular weight excluding hydrogens is 705 g/mol. The highest BCUT2D eigenvalue weighted by Crippen LogP contribution is 2.41. The number of piperidine rings is 2. The molecule has 54 heavy (non-hydrogen) atoms. The normalized spacial score (nSPS) is 21.3. The lowest BCUT2D eigenvalue weighted by molar-refractivity contribution is -0.141. The van der Waals surface area contributed by atoms with E-state index in [0.29, 0.717) is 29.3 Å². The second kappa shape index (κ2) is 13.7. The van der Waals surface area contributed by atoms with E-state index in [1.54, 1.807) is 28.3 Å². The molecule has 16 heteroatoms. The molecule has 1 saturated carbocycles. The van der Waals surface area contributed by atoms with Crippen LogP contribution >= 0.6 is 0 Å². The number of methoxy groups -OCH3 is 1. The lowest BCUT2D eigenvalue weighted by Crippen LogP contribution is -2.44. The number of aryl methyl sites for hydroxylation is 1. The highest BCUT2D eigenvalue weighted by atomic mass is 19.4. The number of rotatable bonds is 8. The Bertz CT molecular complexity index is 2350. The van der Waals surface area contributed by atoms with Gasteiger partial charge in [0, 0.05) is 37.7 Å². The number of para-hydroxylation sites is 1. The Morgan fingerprint density at radius 3 is 2.52 bits per heavy atom. The largest absolute Gasteiger partial charge is 0.494 e. The number of carbonyl (C=O) groups excluding carboxylic acids is 3. The van der Waals surface area contributed by atoms with Crippen molar-refractivity contribution in [3.8, 4) is 5.75 Å². The molecular formula is C38H39F3N8O5. The number of benzene rings is 2. The Hall–Kier alpha value is -5.51. The van der Waals surface area contributed by atoms with Crippen LogP contribution in [0.1, 0.15) is 78.3 Å². The van der Waals surface area contributed by atoms with Crippen molar-refractivity contribution in [1.82, 2.24) is 34.1 Å². The van der Waals surface area contributed by atoms with Gasteiger partial charge >= 0.3 is 11.9 Å². The molecule has 3 fully saturated rings. The van der Waals surface area contributed by atoms with Crippen LogP contribution in [0.2, 0.25) is 0 Å². The molecule has 0 spiro atoms. The van der Waals surface area contributed by atoms with E-state index in [2.05, 4.69) is 26.6 Å². The molecule has 3 amide bonds. The summed E-state index contributed by atoms with van der Waals surface area (Å²) >= 11 is 0. The minimum Gasteiger partial charge on any atom is -0.494 e. The van der Waals surface area contributed by atoms with Crippen molar-refractivity contribution in [2.24, 2.45) is 13.0 Å². The molecule has 8 rings (SSSR count). The van der Waals surface area contributed by atoms with E-state index < -0.39 is 29.7 Å². The third kappa shape index (κ3) is 6.52. The second-order valence-electron chi connectivity index (χ2n) is 14.5. The highest BCUT2D eigenvalue weighted by molar-refractivity contribution is 6.05. The topological polar surface area (TPSA) is 145 Å². The lowest BCUT2D eigenvalue weighted by Gasteiger charge is -2.41. The molecule has 1 unspecified atom stereocenters. The molecule has 5 heterocycles. The van der Waals surface area contributed by atoms with Gasteiger partial charge in [0.15, 0.2) is 0 Å². The van der Waals surface area contributed by atoms with Crippen molar-refractivity contribution in [3.63, 3.8) is 0 Å². The lowest BCUT2D eigenvalue weighted by atomic mass is 9.79. The van der Waals surface area contributed by atoms with Crippen molar-refractivity contribution in [2.45, 2.75) is 62.7 Å². The van der Waals surface area contributed by atoms with E-state index in [1.807, 2.05) is 23.0 Å². The van der Waals surface area contributed by atoms with Gasteiger partial charge in [-0.3, -0.25) is 33.5 Å². The van der Waals surface area contributed by atoms with Crippen molar-refractivity contribution in [1.29, 1.82) is 0 Å². The Morgan fingerprint density at radius 2 is 1.80 bits per heavy atom. The summed E-state index contributed by atoms with van der Waals surface area (Å²) in [4.78, 5) is 56.7. The number of hydrogen-bond acceptors (Lipinski definition) is 8. The third-order valence-electron chi connectivity index (χ3n) is 11.1. The summed E-state index contributed by atoms with van der Waals surface area (Å²) in [5, 5.41) is 10.5. The average Bonchev–Trinajstić information content (AvgIpc) is 3.66. The van der Waals surface area contributed by atoms with Crippen molar-refractivity contribution >= 4 is 45.3 Å². The number of nitrogens with one attached hydrogen (secondary N) is 2. The highest BCUT2D eigenvalue weighted by Gasteiger charge is 2.36. The number of likely N-dealkylation sites (tertiary alicyclic amines) is 1. The first-order valence-electron chi connectivity index (χ1n) is 18.1. The van der Waals surface area contributed by atoms with E-state index in [4.69, 9.17) is 9.84 Å². The molecule has 2 saturated heterocycles. The van der Waals surface area contributed by atoms with Crippen molar-refractivity contribution in [2.75, 3.05) is 32.1 Å². The van der Waals surface area contributed by atoms with Crippen LogP contribution in [0.3, 0.4) is 0 Å². The molecule has 2 N–H and O–H groups in total. The van der Waals surface area contributed by atoms with Gasteiger partial charge in [-0.15, -0.1) is 0 Å². The number of hydrogen-bond donors (Lipinski definition) is 2. The zero-order valence-corrected chi connectivity index (χ0v) is 29.7. The summed E-state index contributed by atoms with van der Waals surface area (Å²) < 4.78 is 50.0. The number of anilines is 1. The van der Waals surface area contributed by atoms with Crippen LogP contribution < -0.4 is 21.1 Å². The first kappa shape index (κ1) is 35.5. The van der Waals surface area contributed by atoms with Crippen LogP contribution in [0.15, 0.2) is 59.5 Å². The smallest absolute Gasteiger partial charge is 0.433 e. The summed E-state index contributed by atoms with van der Waals surface area (Å²) in [5.41, 5.74) is 1.88. The zero-order valence-electron chi connectivity index (χ0n) is 29.7. The summed E-state index contributed by atoms with van der Waals surface area (Å²) in [5.74, 6) is -0.435. The number of aromatic nitrogens is 5. The first-order valence-corrected chi connectivity index (χ1v) is 18.1. The van der Waals surface area contributed by atoms with Crippen LogP contribution in [0, 0.1) is 5.92 Å². The predicted molar refractivity (Wildman–Crippen MR) is 192 cm³/mol. The summed E-state index contributed by atoms with van der Waals surface area (Å²) in [7, 11) is 3.19. The van der Waals surface area contributed by atoms with Gasteiger partial charge in [0.25, 0.3) is 5.91 Å². The maximum atomic E-state index is 13.4. The number of nitrogens with zero attached hydrogens (tertiary/aromatic N) is 6. The third-order valence-corrected chi connectivity index (χ3v) is 11.1. The number of fused-ring (bicyclic) bond motifs is 2. The maximum absolute atomic E-state index is 13.4. The van der Waals surface area contributed by atoms with Crippen LogP contribution in [-0.4, -0.2) is 73.3 Å². The standard InChI is InChI=1S/C38H39F3N8O5/c1-46-34-25(5-3-7-29(34)49(37(46)53)30-9-10-33(50)44-36(30)52)22-11-13-47(14-12-22)19-21-15-24(16-21)48-20-23-17-28(31(54-2)18-27(23)45-48)43-35(51)26-6-4-8-32(42-26)38(39,40)41/h3-8,17-18,20-22,24,30H,9-16,19H2,1-2H3,(H,43,51)(H,44,50,52)/t21-,24-,30?. The van der Waals surface area contributed by atoms with Gasteiger partial charge in [-0.05, 0) is 86.9 Å². The van der Waals surface area contributed by atoms with Gasteiger partial charge in [-0.25, -0.2) is 9.78 Å². The fourth-order valence-electron chi connectivity index (χ4n) is 8.32. The zero-order chi connectivity index (χ0) is 37.9. The van der Waals surface area contributed by atoms with E-state index >= 15 is 0 Å². The molecule has 282 valence electrons. The van der Waals surface area contributed by atoms with E-state index in [-0.39, 0.29) is 35.7 Å². The fourth-order valence-corrected chi connectivity index (χ4v) is 8.32. The van der Waals surface area contributed by atoms with E-state index in [0.717, 1.165) is 79.4 Å². The Labute approximate surface area is 307 Å². The van der Waals surface area contributed by atoms with Crippen molar-refractivity contribution < 1.29 is 32.3 Å². The number of halogens is 3. The van der Waals surface area contributed by atoms with Crippen LogP contribution in [-0.2, 0) is 22.8 Å². The molecule has 2 aromatic carbocycles. The molecule has 0 radical (unpaired) electrons. The van der Waals surface area contributed by atoms with Gasteiger partial charge in [-0.2, -0.15) is 18.3 Å². The summed E-state index contributed by atoms with van der Waals surface area (Å²) in [6.07, 6.45) is 1.56. The summed E-state index contributed by atoms with van der Waals surface area (Å²) in [6.45, 7) is 2.84. The number of amides is 3. The second-order valence-corrected chi connectivity index (χ2v) is 14.5. The van der Waals surface area contributed by atoms with Gasteiger partial charge in [-0.1, -0.05) is 18.2 Å². The Kier molecular flexibility index (Phi) is 9.02. The number of carbonyl (C=O) groups is 3. The molecule has 5 aromatic rings. The van der Waals surface area contributed by atoms with Gasteiger partial charge < -0.3 is 15.0 Å². The minimum absolute atomic E-state index is 0.199.